The van der Waals surface area contributed by atoms with Crippen LogP contribution in [0.25, 0.3) is 11.1 Å². The fourth-order valence-electron chi connectivity index (χ4n) is 4.07. The molecule has 0 aromatic heterocycles. The van der Waals surface area contributed by atoms with Gasteiger partial charge in [-0.1, -0.05) is 50.2 Å². The predicted octanol–water partition coefficient (Wildman–Crippen LogP) is 8.50. The van der Waals surface area contributed by atoms with Gasteiger partial charge in [0.15, 0.2) is 0 Å². The Morgan fingerprint density at radius 1 is 0.914 bits per heavy atom. The van der Waals surface area contributed by atoms with Crippen LogP contribution in [0.15, 0.2) is 66.7 Å². The van der Waals surface area contributed by atoms with Crippen LogP contribution in [0.2, 0.25) is 0 Å². The largest absolute Gasteiger partial charge is 0.491 e. The molecule has 1 atom stereocenters. The molecule has 1 unspecified atom stereocenters. The first kappa shape index (κ1) is 26.4. The molecule has 1 aliphatic rings. The third-order valence-corrected chi connectivity index (χ3v) is 5.47. The third kappa shape index (κ3) is 6.47. The van der Waals surface area contributed by atoms with Crippen LogP contribution < -0.4 is 14.8 Å². The molecule has 0 aliphatic carbocycles. The lowest BCUT2D eigenvalue weighted by Gasteiger charge is -2.29. The number of fused-ring (bicyclic) bond motifs is 1. The van der Waals surface area contributed by atoms with E-state index in [0.717, 1.165) is 34.5 Å². The van der Waals surface area contributed by atoms with Crippen LogP contribution in [0.3, 0.4) is 0 Å². The molecule has 0 saturated heterocycles. The summed E-state index contributed by atoms with van der Waals surface area (Å²) in [5, 5.41) is 3.46. The summed E-state index contributed by atoms with van der Waals surface area (Å²) in [5.41, 5.74) is 4.95. The summed E-state index contributed by atoms with van der Waals surface area (Å²) in [6.45, 7) is 7.96. The van der Waals surface area contributed by atoms with E-state index in [2.05, 4.69) is 16.1 Å². The molecule has 3 aromatic carbocycles. The summed E-state index contributed by atoms with van der Waals surface area (Å²) >= 11 is 0. The Bertz CT molecular complexity index is 1120. The Morgan fingerprint density at radius 2 is 1.60 bits per heavy atom. The Kier molecular flexibility index (Phi) is 8.65. The number of hydrogen-bond acceptors (Lipinski definition) is 3. The zero-order chi connectivity index (χ0) is 25.6. The zero-order valence-electron chi connectivity index (χ0n) is 20.3. The normalized spacial score (nSPS) is 15.1. The Morgan fingerprint density at radius 3 is 2.31 bits per heavy atom. The van der Waals surface area contributed by atoms with Gasteiger partial charge in [-0.15, -0.1) is 0 Å². The van der Waals surface area contributed by atoms with E-state index in [4.69, 9.17) is 4.74 Å². The number of hydrogen-bond donors (Lipinski definition) is 1. The molecule has 0 fully saturated rings. The molecule has 0 saturated carbocycles. The quantitative estimate of drug-likeness (QED) is 0.338. The maximum Gasteiger partial charge on any atom is 0.461 e. The van der Waals surface area contributed by atoms with E-state index in [1.54, 1.807) is 6.07 Å². The van der Waals surface area contributed by atoms with Gasteiger partial charge in [-0.25, -0.2) is 0 Å². The summed E-state index contributed by atoms with van der Waals surface area (Å²) in [5.74, 6) is 0.514. The highest BCUT2D eigenvalue weighted by molar-refractivity contribution is 5.76. The Labute approximate surface area is 204 Å². The topological polar surface area (TPSA) is 30.5 Å². The molecule has 7 heteroatoms. The predicted molar refractivity (Wildman–Crippen MR) is 132 cm³/mol. The molecule has 35 heavy (non-hydrogen) atoms. The average molecular weight is 490 g/mol. The fourth-order valence-corrected chi connectivity index (χ4v) is 4.07. The molecular weight excluding hydrogens is 458 g/mol. The second-order valence-corrected chi connectivity index (χ2v) is 8.30. The summed E-state index contributed by atoms with van der Waals surface area (Å²) in [6, 6.07) is 19.7. The van der Waals surface area contributed by atoms with E-state index in [0.29, 0.717) is 12.0 Å². The number of nitrogens with one attached hydrogen (secondary N) is 1. The molecule has 0 spiro atoms. The molecule has 3 aromatic rings. The van der Waals surface area contributed by atoms with Gasteiger partial charge >= 0.3 is 12.5 Å². The third-order valence-electron chi connectivity index (χ3n) is 5.47. The van der Waals surface area contributed by atoms with E-state index in [-0.39, 0.29) is 17.9 Å². The molecule has 1 N–H and O–H groups in total. The van der Waals surface area contributed by atoms with Crippen LogP contribution in [0.1, 0.15) is 51.3 Å². The van der Waals surface area contributed by atoms with Crippen molar-refractivity contribution in [1.29, 1.82) is 0 Å². The first-order valence-corrected chi connectivity index (χ1v) is 11.8. The lowest BCUT2D eigenvalue weighted by molar-refractivity contribution is -0.253. The minimum atomic E-state index is -4.53. The van der Waals surface area contributed by atoms with Gasteiger partial charge in [-0.3, -0.25) is 0 Å². The molecule has 1 aliphatic heterocycles. The summed E-state index contributed by atoms with van der Waals surface area (Å²) in [7, 11) is 0. The Hall–Kier alpha value is -3.22. The molecule has 188 valence electrons. The fraction of sp³-hybridized carbons (Fsp3) is 0.357. The van der Waals surface area contributed by atoms with Gasteiger partial charge in [0.05, 0.1) is 12.1 Å². The molecule has 0 radical (unpaired) electrons. The first-order chi connectivity index (χ1) is 16.7. The van der Waals surface area contributed by atoms with Gasteiger partial charge in [0, 0.05) is 5.69 Å². The highest BCUT2D eigenvalue weighted by Crippen LogP contribution is 2.39. The second kappa shape index (κ2) is 11.5. The minimum Gasteiger partial charge on any atom is -0.491 e. The van der Waals surface area contributed by atoms with Gasteiger partial charge in [-0.2, -0.15) is 17.6 Å². The highest BCUT2D eigenvalue weighted by atomic mass is 19.3. The van der Waals surface area contributed by atoms with E-state index >= 15 is 0 Å². The van der Waals surface area contributed by atoms with Gasteiger partial charge in [0.25, 0.3) is 0 Å². The van der Waals surface area contributed by atoms with Crippen molar-refractivity contribution < 1.29 is 27.0 Å². The van der Waals surface area contributed by atoms with Crippen molar-refractivity contribution in [2.45, 2.75) is 65.2 Å². The monoisotopic (exact) mass is 489 g/mol. The van der Waals surface area contributed by atoms with Gasteiger partial charge in [0.1, 0.15) is 11.5 Å². The van der Waals surface area contributed by atoms with Crippen LogP contribution in [0.5, 0.6) is 11.5 Å². The van der Waals surface area contributed by atoms with Crippen LogP contribution in [-0.4, -0.2) is 18.6 Å². The zero-order valence-corrected chi connectivity index (χ0v) is 20.3. The number of anilines is 1. The molecule has 3 nitrogen and oxygen atoms in total. The Balaban J connectivity index is 0.00000167. The number of halogens is 4. The van der Waals surface area contributed by atoms with Gasteiger partial charge < -0.3 is 14.8 Å². The van der Waals surface area contributed by atoms with Crippen molar-refractivity contribution in [2.75, 3.05) is 5.32 Å². The van der Waals surface area contributed by atoms with E-state index in [9.17, 15) is 17.6 Å². The van der Waals surface area contributed by atoms with Crippen LogP contribution >= 0.6 is 0 Å². The summed E-state index contributed by atoms with van der Waals surface area (Å²) in [6.07, 6.45) is -6.89. The summed E-state index contributed by atoms with van der Waals surface area (Å²) < 4.78 is 61.7. The lowest BCUT2D eigenvalue weighted by Crippen LogP contribution is -2.33. The molecule has 4 rings (SSSR count). The number of rotatable bonds is 7. The van der Waals surface area contributed by atoms with Crippen molar-refractivity contribution in [3.05, 3.63) is 77.9 Å². The van der Waals surface area contributed by atoms with E-state index in [1.165, 1.54) is 18.2 Å². The van der Waals surface area contributed by atoms with Gasteiger partial charge in [0.2, 0.25) is 0 Å². The molecule has 0 amide bonds. The van der Waals surface area contributed by atoms with Crippen molar-refractivity contribution in [3.63, 3.8) is 0 Å². The number of benzene rings is 3. The van der Waals surface area contributed by atoms with E-state index < -0.39 is 12.5 Å². The molecular formula is C28H31F4NO2. The summed E-state index contributed by atoms with van der Waals surface area (Å²) in [4.78, 5) is 0. The van der Waals surface area contributed by atoms with Crippen molar-refractivity contribution in [1.82, 2.24) is 0 Å². The first-order valence-electron chi connectivity index (χ1n) is 11.8. The van der Waals surface area contributed by atoms with Crippen LogP contribution in [-0.2, 0) is 6.42 Å². The maximum absolute atomic E-state index is 13.3. The molecule has 0 bridgehead atoms. The minimum absolute atomic E-state index is 0.0766. The highest BCUT2D eigenvalue weighted by Gasteiger charge is 2.44. The smallest absolute Gasteiger partial charge is 0.461 e. The average Bonchev–Trinajstić information content (AvgIpc) is 2.84. The maximum atomic E-state index is 13.3. The van der Waals surface area contributed by atoms with Gasteiger partial charge in [-0.05, 0) is 79.3 Å². The van der Waals surface area contributed by atoms with Crippen molar-refractivity contribution in [3.8, 4) is 22.6 Å². The lowest BCUT2D eigenvalue weighted by atomic mass is 9.88. The SMILES string of the molecule is CC.CC(C)Oc1cccc(-c2cccc3c2CCC(c2cccc(OC(F)(F)C(F)F)c2)N3)c1. The van der Waals surface area contributed by atoms with E-state index in [1.807, 2.05) is 64.1 Å². The molecule has 1 heterocycles. The number of alkyl halides is 4. The van der Waals surface area contributed by atoms with Crippen LogP contribution in [0, 0.1) is 0 Å². The number of ether oxygens (including phenoxy) is 2. The standard InChI is InChI=1S/C26H25F4NO2.C2H6/c1-16(2)32-19-8-3-6-17(14-19)21-10-5-11-24-22(21)12-13-23(31-24)18-7-4-9-20(15-18)33-26(29,30)25(27)28;1-2/h3-11,14-16,23,25,31H,12-13H2,1-2H3;1-2H3. The second-order valence-electron chi connectivity index (χ2n) is 8.30. The van der Waals surface area contributed by atoms with Crippen molar-refractivity contribution in [2.24, 2.45) is 0 Å². The van der Waals surface area contributed by atoms with Crippen LogP contribution in [0.4, 0.5) is 23.2 Å². The van der Waals surface area contributed by atoms with Crippen molar-refractivity contribution >= 4 is 5.69 Å².